The number of benzene rings is 6. The second-order valence-electron chi connectivity index (χ2n) is 10.5. The molecule has 0 unspecified atom stereocenters. The first-order valence-electron chi connectivity index (χ1n) is 15.3. The molecule has 50 heavy (non-hydrogen) atoms. The predicted molar refractivity (Wildman–Crippen MR) is 194 cm³/mol. The molecule has 0 aliphatic carbocycles. The highest BCUT2D eigenvalue weighted by Gasteiger charge is 2.49. The molecule has 0 aromatic heterocycles. The molecule has 2 N–H and O–H groups in total. The van der Waals surface area contributed by atoms with Crippen LogP contribution in [0.1, 0.15) is 0 Å². The van der Waals surface area contributed by atoms with E-state index in [2.05, 4.69) is 0 Å². The van der Waals surface area contributed by atoms with Gasteiger partial charge in [0.05, 0.1) is 0 Å². The SMILES string of the molecule is Oc1ccccc1OP1(Oc2ccccc2O)=NP(Oc2ccccc2)(Oc2ccccc2)=NP(Oc2ccccc2)(Oc2ccccc2)=N1. The van der Waals surface area contributed by atoms with Crippen LogP contribution in [0.25, 0.3) is 0 Å². The molecule has 1 heterocycles. The van der Waals surface area contributed by atoms with E-state index in [1.807, 2.05) is 24.3 Å². The molecule has 1 aliphatic rings. The summed E-state index contributed by atoms with van der Waals surface area (Å²) in [6.07, 6.45) is 0. The maximum atomic E-state index is 11.0. The van der Waals surface area contributed by atoms with Gasteiger partial charge in [0.25, 0.3) is 0 Å². The van der Waals surface area contributed by atoms with E-state index in [4.69, 9.17) is 40.7 Å². The van der Waals surface area contributed by atoms with Crippen LogP contribution in [0.15, 0.2) is 183 Å². The average molecular weight is 726 g/mol. The van der Waals surface area contributed by atoms with Gasteiger partial charge in [0, 0.05) is 0 Å². The standard InChI is InChI=1S/C36H30N3O8P3/c40-33-25-13-15-27-35(33)46-50(47-36-28-16-14-26-34(36)41)38-48(42-29-17-5-1-6-18-29,43-30-19-7-2-8-20-30)37-49(39-50,44-31-21-9-3-10-22-31)45-32-23-11-4-12-24-32/h1-28,40-41H. The Balaban J connectivity index is 1.58. The van der Waals surface area contributed by atoms with Crippen LogP contribution in [0.2, 0.25) is 0 Å². The van der Waals surface area contributed by atoms with E-state index in [-0.39, 0.29) is 23.0 Å². The van der Waals surface area contributed by atoms with E-state index in [1.54, 1.807) is 121 Å². The van der Waals surface area contributed by atoms with Gasteiger partial charge in [0.15, 0.2) is 23.0 Å². The van der Waals surface area contributed by atoms with Crippen molar-refractivity contribution in [2.75, 3.05) is 0 Å². The second kappa shape index (κ2) is 14.5. The van der Waals surface area contributed by atoms with Gasteiger partial charge >= 0.3 is 23.0 Å². The molecule has 0 amide bonds. The van der Waals surface area contributed by atoms with Crippen molar-refractivity contribution in [1.82, 2.24) is 0 Å². The number of rotatable bonds is 12. The smallest absolute Gasteiger partial charge is 0.461 e. The maximum absolute atomic E-state index is 11.0. The van der Waals surface area contributed by atoms with Gasteiger partial charge in [0.2, 0.25) is 0 Å². The summed E-state index contributed by atoms with van der Waals surface area (Å²) in [5.41, 5.74) is 0. The van der Waals surface area contributed by atoms with E-state index in [0.29, 0.717) is 23.0 Å². The van der Waals surface area contributed by atoms with Gasteiger partial charge in [-0.25, -0.2) is 0 Å². The van der Waals surface area contributed by atoms with Gasteiger partial charge in [-0.2, -0.15) is 0 Å². The zero-order chi connectivity index (χ0) is 34.3. The summed E-state index contributed by atoms with van der Waals surface area (Å²) in [5, 5.41) is 21.9. The molecule has 14 heteroatoms. The molecule has 0 saturated carbocycles. The Hall–Kier alpha value is -5.59. The van der Waals surface area contributed by atoms with Crippen LogP contribution < -0.4 is 27.1 Å². The largest absolute Gasteiger partial charge is 0.504 e. The minimum Gasteiger partial charge on any atom is -0.504 e. The van der Waals surface area contributed by atoms with Crippen LogP contribution in [-0.2, 0) is 0 Å². The fourth-order valence-corrected chi connectivity index (χ4v) is 13.7. The second-order valence-corrected chi connectivity index (χ2v) is 16.7. The minimum atomic E-state index is -4.24. The minimum absolute atomic E-state index is 0.0132. The molecule has 7 rings (SSSR count). The lowest BCUT2D eigenvalue weighted by molar-refractivity contribution is 0.402. The summed E-state index contributed by atoms with van der Waals surface area (Å²) in [6.45, 7) is 0. The lowest BCUT2D eigenvalue weighted by Crippen LogP contribution is -2.11. The molecule has 0 radical (unpaired) electrons. The van der Waals surface area contributed by atoms with Crippen molar-refractivity contribution in [2.24, 2.45) is 13.5 Å². The van der Waals surface area contributed by atoms with Gasteiger partial charge < -0.3 is 37.4 Å². The fourth-order valence-electron chi connectivity index (χ4n) is 4.56. The Labute approximate surface area is 289 Å². The van der Waals surface area contributed by atoms with Gasteiger partial charge in [-0.05, 0) is 72.8 Å². The molecule has 1 aliphatic heterocycles. The number of nitrogens with zero attached hydrogens (tertiary/aromatic N) is 3. The highest BCUT2D eigenvalue weighted by Crippen LogP contribution is 2.79. The van der Waals surface area contributed by atoms with Crippen LogP contribution in [0.5, 0.6) is 46.0 Å². The third-order valence-electron chi connectivity index (χ3n) is 6.71. The predicted octanol–water partition coefficient (Wildman–Crippen LogP) is 11.7. The van der Waals surface area contributed by atoms with E-state index in [0.717, 1.165) is 0 Å². The molecule has 0 atom stereocenters. The Bertz CT molecular complexity index is 2010. The first-order valence-corrected chi connectivity index (χ1v) is 19.9. The van der Waals surface area contributed by atoms with Crippen molar-refractivity contribution in [3.05, 3.63) is 170 Å². The summed E-state index contributed by atoms with van der Waals surface area (Å²) in [6, 6.07) is 48.2. The van der Waals surface area contributed by atoms with Crippen molar-refractivity contribution in [3.8, 4) is 46.0 Å². The number of hydrogen-bond acceptors (Lipinski definition) is 11. The summed E-state index contributed by atoms with van der Waals surface area (Å²) in [5.74, 6) is 1.02. The number of para-hydroxylation sites is 8. The molecular formula is C36H30N3O8P3. The fraction of sp³-hybridized carbons (Fsp3) is 0. The van der Waals surface area contributed by atoms with Gasteiger partial charge in [0.1, 0.15) is 23.0 Å². The van der Waals surface area contributed by atoms with E-state index >= 15 is 0 Å². The van der Waals surface area contributed by atoms with Gasteiger partial charge in [-0.15, -0.1) is 0 Å². The number of phenols is 2. The molecule has 11 nitrogen and oxygen atoms in total. The van der Waals surface area contributed by atoms with Crippen LogP contribution in [0.3, 0.4) is 0 Å². The van der Waals surface area contributed by atoms with Crippen LogP contribution in [-0.4, -0.2) is 10.2 Å². The average Bonchev–Trinajstić information content (AvgIpc) is 3.12. The monoisotopic (exact) mass is 725 g/mol. The third-order valence-corrected chi connectivity index (χ3v) is 14.8. The zero-order valence-corrected chi connectivity index (χ0v) is 28.9. The molecule has 6 aromatic rings. The Morgan fingerprint density at radius 1 is 0.300 bits per heavy atom. The van der Waals surface area contributed by atoms with Crippen LogP contribution in [0.4, 0.5) is 0 Å². The van der Waals surface area contributed by atoms with Crippen LogP contribution >= 0.6 is 23.0 Å². The van der Waals surface area contributed by atoms with Crippen molar-refractivity contribution >= 4 is 23.0 Å². The van der Waals surface area contributed by atoms with E-state index in [9.17, 15) is 10.2 Å². The quantitative estimate of drug-likeness (QED) is 0.119. The first-order chi connectivity index (χ1) is 24.4. The van der Waals surface area contributed by atoms with E-state index in [1.165, 1.54) is 24.3 Å². The third kappa shape index (κ3) is 7.82. The number of hydrogen-bond donors (Lipinski definition) is 2. The van der Waals surface area contributed by atoms with Gasteiger partial charge in [-0.3, -0.25) is 0 Å². The highest BCUT2D eigenvalue weighted by atomic mass is 31.3. The highest BCUT2D eigenvalue weighted by molar-refractivity contribution is 7.79. The molecule has 252 valence electrons. The molecule has 0 saturated heterocycles. The summed E-state index contributed by atoms with van der Waals surface area (Å²) in [4.78, 5) is 0. The summed E-state index contributed by atoms with van der Waals surface area (Å²) >= 11 is 0. The zero-order valence-electron chi connectivity index (χ0n) is 26.2. The molecular weight excluding hydrogens is 695 g/mol. The maximum Gasteiger partial charge on any atom is 0.461 e. The van der Waals surface area contributed by atoms with Gasteiger partial charge in [-0.1, -0.05) is 111 Å². The molecule has 0 spiro atoms. The van der Waals surface area contributed by atoms with Crippen molar-refractivity contribution in [2.45, 2.75) is 0 Å². The van der Waals surface area contributed by atoms with Crippen molar-refractivity contribution in [1.29, 1.82) is 0 Å². The molecule has 0 fully saturated rings. The van der Waals surface area contributed by atoms with E-state index < -0.39 is 23.0 Å². The Morgan fingerprint density at radius 2 is 0.540 bits per heavy atom. The Morgan fingerprint density at radius 3 is 0.820 bits per heavy atom. The molecule has 6 aromatic carbocycles. The van der Waals surface area contributed by atoms with Crippen molar-refractivity contribution in [3.63, 3.8) is 0 Å². The Kier molecular flexibility index (Phi) is 9.54. The molecule has 0 bridgehead atoms. The topological polar surface area (TPSA) is 133 Å². The summed E-state index contributed by atoms with van der Waals surface area (Å²) in [7, 11) is -12.4. The normalized spacial score (nSPS) is 15.1. The summed E-state index contributed by atoms with van der Waals surface area (Å²) < 4.78 is 55.0. The van der Waals surface area contributed by atoms with Crippen molar-refractivity contribution < 1.29 is 37.4 Å². The number of aromatic hydroxyl groups is 2. The lowest BCUT2D eigenvalue weighted by Gasteiger charge is -2.33. The van der Waals surface area contributed by atoms with Crippen LogP contribution in [0, 0.1) is 0 Å². The first kappa shape index (κ1) is 32.9. The lowest BCUT2D eigenvalue weighted by atomic mass is 10.3. The number of phenolic OH excluding ortho intramolecular Hbond substituents is 2.